The largest absolute Gasteiger partial charge is 0.305 e. The zero-order chi connectivity index (χ0) is 10.3. The van der Waals surface area contributed by atoms with E-state index in [1.165, 1.54) is 42.1 Å². The Morgan fingerprint density at radius 3 is 2.47 bits per heavy atom. The summed E-state index contributed by atoms with van der Waals surface area (Å²) in [6, 6.07) is 9.41. The lowest BCUT2D eigenvalue weighted by molar-refractivity contribution is 0.295. The summed E-state index contributed by atoms with van der Waals surface area (Å²) >= 11 is 3.66. The molecule has 0 unspecified atom stereocenters. The molecule has 2 fully saturated rings. The van der Waals surface area contributed by atoms with E-state index in [2.05, 4.69) is 45.5 Å². The molecule has 0 aliphatic heterocycles. The second kappa shape index (κ2) is 3.60. The van der Waals surface area contributed by atoms with Crippen molar-refractivity contribution in [3.8, 4) is 0 Å². The van der Waals surface area contributed by atoms with Crippen molar-refractivity contribution in [2.24, 2.45) is 0 Å². The molecular formula is C13H16BrN. The Hall–Kier alpha value is -0.340. The summed E-state index contributed by atoms with van der Waals surface area (Å²) in [5, 5.41) is 3.83. The summed E-state index contributed by atoms with van der Waals surface area (Å²) in [4.78, 5) is 0. The molecule has 0 atom stereocenters. The molecule has 1 aromatic carbocycles. The van der Waals surface area contributed by atoms with Crippen molar-refractivity contribution >= 4 is 15.9 Å². The molecule has 2 heteroatoms. The lowest BCUT2D eigenvalue weighted by Crippen LogP contribution is -2.42. The standard InChI is InChI=1S/C13H16BrN/c14-12-7-2-1-6-11(12)13(8-9-13)15-10-4-3-5-10/h1-2,6-7,10,15H,3-5,8-9H2. The Morgan fingerprint density at radius 1 is 1.20 bits per heavy atom. The fourth-order valence-electron chi connectivity index (χ4n) is 2.41. The van der Waals surface area contributed by atoms with Crippen molar-refractivity contribution in [3.63, 3.8) is 0 Å². The highest BCUT2D eigenvalue weighted by Gasteiger charge is 2.46. The van der Waals surface area contributed by atoms with Gasteiger partial charge in [0.05, 0.1) is 0 Å². The van der Waals surface area contributed by atoms with Crippen LogP contribution in [-0.4, -0.2) is 6.04 Å². The molecule has 15 heavy (non-hydrogen) atoms. The van der Waals surface area contributed by atoms with E-state index in [1.54, 1.807) is 0 Å². The van der Waals surface area contributed by atoms with Gasteiger partial charge >= 0.3 is 0 Å². The van der Waals surface area contributed by atoms with E-state index in [0.717, 1.165) is 6.04 Å². The van der Waals surface area contributed by atoms with Crippen LogP contribution >= 0.6 is 15.9 Å². The number of benzene rings is 1. The van der Waals surface area contributed by atoms with Crippen LogP contribution in [0.3, 0.4) is 0 Å². The van der Waals surface area contributed by atoms with E-state index < -0.39 is 0 Å². The van der Waals surface area contributed by atoms with Crippen molar-refractivity contribution in [1.82, 2.24) is 5.32 Å². The average Bonchev–Trinajstić information content (AvgIpc) is 2.94. The first-order valence-electron chi connectivity index (χ1n) is 5.83. The van der Waals surface area contributed by atoms with Gasteiger partial charge in [0, 0.05) is 16.1 Å². The van der Waals surface area contributed by atoms with Gasteiger partial charge in [0.25, 0.3) is 0 Å². The fraction of sp³-hybridized carbons (Fsp3) is 0.538. The maximum absolute atomic E-state index is 3.83. The normalized spacial score (nSPS) is 23.5. The molecule has 0 radical (unpaired) electrons. The zero-order valence-electron chi connectivity index (χ0n) is 8.80. The molecule has 2 saturated carbocycles. The zero-order valence-corrected chi connectivity index (χ0v) is 10.4. The predicted octanol–water partition coefficient (Wildman–Crippen LogP) is 3.58. The van der Waals surface area contributed by atoms with Gasteiger partial charge in [-0.1, -0.05) is 40.5 Å². The molecule has 2 aliphatic rings. The number of halogens is 1. The minimum atomic E-state index is 0.311. The van der Waals surface area contributed by atoms with Crippen LogP contribution in [0, 0.1) is 0 Å². The third kappa shape index (κ3) is 1.74. The van der Waals surface area contributed by atoms with E-state index in [9.17, 15) is 0 Å². The first-order chi connectivity index (χ1) is 7.30. The highest BCUT2D eigenvalue weighted by Crippen LogP contribution is 2.49. The van der Waals surface area contributed by atoms with Gasteiger partial charge in [-0.2, -0.15) is 0 Å². The summed E-state index contributed by atoms with van der Waals surface area (Å²) < 4.78 is 1.26. The van der Waals surface area contributed by atoms with Crippen LogP contribution in [0.2, 0.25) is 0 Å². The Labute approximate surface area is 99.4 Å². The van der Waals surface area contributed by atoms with E-state index in [-0.39, 0.29) is 0 Å². The number of nitrogens with one attached hydrogen (secondary N) is 1. The second-order valence-electron chi connectivity index (χ2n) is 4.83. The van der Waals surface area contributed by atoms with Gasteiger partial charge in [-0.15, -0.1) is 0 Å². The van der Waals surface area contributed by atoms with E-state index >= 15 is 0 Å². The van der Waals surface area contributed by atoms with Gasteiger partial charge in [0.1, 0.15) is 0 Å². The SMILES string of the molecule is Brc1ccccc1C1(NC2CCC2)CC1. The van der Waals surface area contributed by atoms with Crippen molar-refractivity contribution in [1.29, 1.82) is 0 Å². The Bertz CT molecular complexity index is 367. The van der Waals surface area contributed by atoms with Crippen LogP contribution in [0.5, 0.6) is 0 Å². The molecule has 80 valence electrons. The average molecular weight is 266 g/mol. The molecule has 1 aromatic rings. The smallest absolute Gasteiger partial charge is 0.0449 e. The quantitative estimate of drug-likeness (QED) is 0.881. The highest BCUT2D eigenvalue weighted by atomic mass is 79.9. The summed E-state index contributed by atoms with van der Waals surface area (Å²) in [5.74, 6) is 0. The van der Waals surface area contributed by atoms with E-state index in [1.807, 2.05) is 0 Å². The van der Waals surface area contributed by atoms with Crippen molar-refractivity contribution in [2.75, 3.05) is 0 Å². The third-order valence-electron chi connectivity index (χ3n) is 3.73. The van der Waals surface area contributed by atoms with Crippen molar-refractivity contribution in [2.45, 2.75) is 43.7 Å². The molecule has 3 rings (SSSR count). The van der Waals surface area contributed by atoms with Crippen molar-refractivity contribution < 1.29 is 0 Å². The Balaban J connectivity index is 1.83. The van der Waals surface area contributed by atoms with Crippen LogP contribution < -0.4 is 5.32 Å². The minimum Gasteiger partial charge on any atom is -0.305 e. The molecule has 0 aromatic heterocycles. The first kappa shape index (κ1) is 9.86. The fourth-order valence-corrected chi connectivity index (χ4v) is 3.07. The number of rotatable bonds is 3. The summed E-state index contributed by atoms with van der Waals surface area (Å²) in [6.45, 7) is 0. The van der Waals surface area contributed by atoms with E-state index in [4.69, 9.17) is 0 Å². The molecule has 0 amide bonds. The van der Waals surface area contributed by atoms with Crippen LogP contribution in [0.15, 0.2) is 28.7 Å². The van der Waals surface area contributed by atoms with Crippen LogP contribution in [-0.2, 0) is 5.54 Å². The summed E-state index contributed by atoms with van der Waals surface area (Å²) in [5.41, 5.74) is 1.77. The van der Waals surface area contributed by atoms with Gasteiger partial charge in [-0.05, 0) is 37.3 Å². The molecule has 1 N–H and O–H groups in total. The van der Waals surface area contributed by atoms with Gasteiger partial charge in [-0.25, -0.2) is 0 Å². The minimum absolute atomic E-state index is 0.311. The molecule has 0 bridgehead atoms. The highest BCUT2D eigenvalue weighted by molar-refractivity contribution is 9.10. The van der Waals surface area contributed by atoms with Gasteiger partial charge in [0.15, 0.2) is 0 Å². The third-order valence-corrected chi connectivity index (χ3v) is 4.42. The predicted molar refractivity (Wildman–Crippen MR) is 65.8 cm³/mol. The maximum atomic E-state index is 3.83. The summed E-state index contributed by atoms with van der Waals surface area (Å²) in [6.07, 6.45) is 6.74. The topological polar surface area (TPSA) is 12.0 Å². The lowest BCUT2D eigenvalue weighted by Gasteiger charge is -2.32. The van der Waals surface area contributed by atoms with E-state index in [0.29, 0.717) is 5.54 Å². The molecule has 2 aliphatic carbocycles. The lowest BCUT2D eigenvalue weighted by atomic mass is 9.91. The summed E-state index contributed by atoms with van der Waals surface area (Å²) in [7, 11) is 0. The van der Waals surface area contributed by atoms with Gasteiger partial charge < -0.3 is 5.32 Å². The maximum Gasteiger partial charge on any atom is 0.0449 e. The number of hydrogen-bond acceptors (Lipinski definition) is 1. The van der Waals surface area contributed by atoms with Crippen LogP contribution in [0.1, 0.15) is 37.7 Å². The monoisotopic (exact) mass is 265 g/mol. The van der Waals surface area contributed by atoms with Crippen LogP contribution in [0.4, 0.5) is 0 Å². The Kier molecular flexibility index (Phi) is 2.37. The van der Waals surface area contributed by atoms with Crippen molar-refractivity contribution in [3.05, 3.63) is 34.3 Å². The first-order valence-corrected chi connectivity index (χ1v) is 6.62. The molecule has 0 spiro atoms. The Morgan fingerprint density at radius 2 is 1.93 bits per heavy atom. The van der Waals surface area contributed by atoms with Gasteiger partial charge in [0.2, 0.25) is 0 Å². The molecule has 0 saturated heterocycles. The molecule has 0 heterocycles. The van der Waals surface area contributed by atoms with Gasteiger partial charge in [-0.3, -0.25) is 0 Å². The van der Waals surface area contributed by atoms with Crippen LogP contribution in [0.25, 0.3) is 0 Å². The second-order valence-corrected chi connectivity index (χ2v) is 5.69. The molecule has 1 nitrogen and oxygen atoms in total. The number of hydrogen-bond donors (Lipinski definition) is 1. The molecular weight excluding hydrogens is 250 g/mol.